The molecule has 124 valence electrons. The Kier molecular flexibility index (Phi) is 4.79. The lowest BCUT2D eigenvalue weighted by molar-refractivity contribution is -0.384. The number of nitro benzene ring substituents is 1. The average molecular weight is 318 g/mol. The maximum Gasteiger partial charge on any atom is 0.269 e. The summed E-state index contributed by atoms with van der Waals surface area (Å²) < 4.78 is 5.29. The first-order chi connectivity index (χ1) is 10.7. The number of hydrogen-bond acceptors (Lipinski definition) is 6. The quantitative estimate of drug-likeness (QED) is 0.619. The molecular weight excluding hydrogens is 296 g/mol. The summed E-state index contributed by atoms with van der Waals surface area (Å²) in [4.78, 5) is 16.8. The van der Waals surface area contributed by atoms with Gasteiger partial charge in [-0.25, -0.2) is 0 Å². The number of aromatic nitrogens is 2. The smallest absolute Gasteiger partial charge is 0.269 e. The summed E-state index contributed by atoms with van der Waals surface area (Å²) in [7, 11) is 2.02. The molecule has 0 radical (unpaired) electrons. The number of hydrogen-bond donors (Lipinski definition) is 0. The highest BCUT2D eigenvalue weighted by molar-refractivity contribution is 5.56. The van der Waals surface area contributed by atoms with Crippen LogP contribution in [-0.4, -0.2) is 33.1 Å². The predicted octanol–water partition coefficient (Wildman–Crippen LogP) is 3.51. The minimum atomic E-state index is -0.436. The second-order valence-corrected chi connectivity index (χ2v) is 6.77. The van der Waals surface area contributed by atoms with E-state index in [9.17, 15) is 10.1 Å². The fraction of sp³-hybridized carbons (Fsp3) is 0.500. The first-order valence-electron chi connectivity index (χ1n) is 7.46. The highest BCUT2D eigenvalue weighted by Gasteiger charge is 2.25. The van der Waals surface area contributed by atoms with E-state index < -0.39 is 4.92 Å². The maximum absolute atomic E-state index is 10.7. The van der Waals surface area contributed by atoms with Gasteiger partial charge in [0.25, 0.3) is 5.69 Å². The summed E-state index contributed by atoms with van der Waals surface area (Å²) in [5.74, 6) is 0.962. The van der Waals surface area contributed by atoms with Gasteiger partial charge in [0.05, 0.1) is 11.5 Å². The zero-order chi connectivity index (χ0) is 17.2. The molecule has 1 unspecified atom stereocenters. The standard InChI is InChI=1S/C16H22N4O3/c1-11(16(2,3)4)19(5)10-14-17-15(18-23-14)12-6-8-13(9-7-12)20(21)22/h6-9,11H,10H2,1-5H3. The monoisotopic (exact) mass is 318 g/mol. The Morgan fingerprint density at radius 1 is 1.30 bits per heavy atom. The Hall–Kier alpha value is -2.28. The highest BCUT2D eigenvalue weighted by atomic mass is 16.6. The maximum atomic E-state index is 10.7. The van der Waals surface area contributed by atoms with Crippen LogP contribution in [0.25, 0.3) is 11.4 Å². The molecule has 1 aromatic carbocycles. The molecule has 23 heavy (non-hydrogen) atoms. The molecule has 0 aliphatic rings. The van der Waals surface area contributed by atoms with Crippen LogP contribution in [0.5, 0.6) is 0 Å². The van der Waals surface area contributed by atoms with E-state index in [-0.39, 0.29) is 11.1 Å². The van der Waals surface area contributed by atoms with Crippen LogP contribution in [0.4, 0.5) is 5.69 Å². The van der Waals surface area contributed by atoms with Gasteiger partial charge in [-0.2, -0.15) is 4.98 Å². The summed E-state index contributed by atoms with van der Waals surface area (Å²) in [6.07, 6.45) is 0. The molecule has 2 aromatic rings. The van der Waals surface area contributed by atoms with Crippen LogP contribution in [0.15, 0.2) is 28.8 Å². The van der Waals surface area contributed by atoms with Gasteiger partial charge in [0.15, 0.2) is 0 Å². The molecular formula is C16H22N4O3. The van der Waals surface area contributed by atoms with Crippen molar-refractivity contribution in [2.75, 3.05) is 7.05 Å². The SMILES string of the molecule is CC(N(C)Cc1nc(-c2ccc([N+](=O)[O-])cc2)no1)C(C)(C)C. The van der Waals surface area contributed by atoms with E-state index in [1.54, 1.807) is 12.1 Å². The second kappa shape index (κ2) is 6.45. The molecule has 7 heteroatoms. The molecule has 0 aliphatic heterocycles. The van der Waals surface area contributed by atoms with Gasteiger partial charge in [-0.1, -0.05) is 25.9 Å². The summed E-state index contributed by atoms with van der Waals surface area (Å²) in [6, 6.07) is 6.44. The summed E-state index contributed by atoms with van der Waals surface area (Å²) in [5, 5.41) is 14.6. The van der Waals surface area contributed by atoms with Crippen molar-refractivity contribution in [3.63, 3.8) is 0 Å². The lowest BCUT2D eigenvalue weighted by Crippen LogP contribution is -2.38. The Morgan fingerprint density at radius 2 is 1.91 bits per heavy atom. The molecule has 7 nitrogen and oxygen atoms in total. The Morgan fingerprint density at radius 3 is 2.43 bits per heavy atom. The van der Waals surface area contributed by atoms with Crippen LogP contribution in [0.2, 0.25) is 0 Å². The van der Waals surface area contributed by atoms with Crippen molar-refractivity contribution in [1.82, 2.24) is 15.0 Å². The summed E-state index contributed by atoms with van der Waals surface area (Å²) in [5.41, 5.74) is 0.879. The minimum absolute atomic E-state index is 0.0382. The Labute approximate surface area is 135 Å². The van der Waals surface area contributed by atoms with Crippen molar-refractivity contribution in [3.05, 3.63) is 40.3 Å². The number of non-ortho nitro benzene ring substituents is 1. The third kappa shape index (κ3) is 4.13. The summed E-state index contributed by atoms with van der Waals surface area (Å²) in [6.45, 7) is 9.27. The molecule has 2 rings (SSSR count). The first-order valence-corrected chi connectivity index (χ1v) is 7.46. The van der Waals surface area contributed by atoms with Gasteiger partial charge >= 0.3 is 0 Å². The van der Waals surface area contributed by atoms with Crippen molar-refractivity contribution in [2.24, 2.45) is 5.41 Å². The van der Waals surface area contributed by atoms with Gasteiger partial charge < -0.3 is 4.52 Å². The van der Waals surface area contributed by atoms with Crippen molar-refractivity contribution in [2.45, 2.75) is 40.3 Å². The molecule has 0 aliphatic carbocycles. The number of benzene rings is 1. The third-order valence-corrected chi connectivity index (χ3v) is 4.10. The first kappa shape index (κ1) is 17.1. The van der Waals surface area contributed by atoms with Crippen molar-refractivity contribution in [1.29, 1.82) is 0 Å². The molecule has 0 amide bonds. The van der Waals surface area contributed by atoms with Crippen LogP contribution in [0.1, 0.15) is 33.6 Å². The van der Waals surface area contributed by atoms with Gasteiger partial charge in [0.1, 0.15) is 0 Å². The fourth-order valence-electron chi connectivity index (χ4n) is 2.18. The number of nitrogens with zero attached hydrogens (tertiary/aromatic N) is 4. The fourth-order valence-corrected chi connectivity index (χ4v) is 2.18. The van der Waals surface area contributed by atoms with Crippen LogP contribution in [-0.2, 0) is 6.54 Å². The van der Waals surface area contributed by atoms with Crippen LogP contribution in [0, 0.1) is 15.5 Å². The van der Waals surface area contributed by atoms with Crippen LogP contribution < -0.4 is 0 Å². The predicted molar refractivity (Wildman–Crippen MR) is 86.8 cm³/mol. The van der Waals surface area contributed by atoms with E-state index in [0.717, 1.165) is 0 Å². The van der Waals surface area contributed by atoms with Gasteiger partial charge in [0, 0.05) is 23.7 Å². The van der Waals surface area contributed by atoms with Gasteiger partial charge in [-0.15, -0.1) is 0 Å². The van der Waals surface area contributed by atoms with E-state index in [2.05, 4.69) is 42.7 Å². The van der Waals surface area contributed by atoms with E-state index >= 15 is 0 Å². The lowest BCUT2D eigenvalue weighted by Gasteiger charge is -2.34. The lowest BCUT2D eigenvalue weighted by atomic mass is 9.87. The molecule has 0 N–H and O–H groups in total. The van der Waals surface area contributed by atoms with Crippen LogP contribution in [0.3, 0.4) is 0 Å². The Balaban J connectivity index is 2.10. The van der Waals surface area contributed by atoms with Crippen molar-refractivity contribution in [3.8, 4) is 11.4 Å². The topological polar surface area (TPSA) is 85.3 Å². The van der Waals surface area contributed by atoms with Gasteiger partial charge in [-0.05, 0) is 31.5 Å². The van der Waals surface area contributed by atoms with E-state index in [1.165, 1.54) is 12.1 Å². The average Bonchev–Trinajstić information content (AvgIpc) is 2.94. The third-order valence-electron chi connectivity index (χ3n) is 4.10. The molecule has 0 saturated carbocycles. The largest absolute Gasteiger partial charge is 0.338 e. The molecule has 0 fully saturated rings. The second-order valence-electron chi connectivity index (χ2n) is 6.77. The zero-order valence-corrected chi connectivity index (χ0v) is 14.1. The van der Waals surface area contributed by atoms with Gasteiger partial charge in [-0.3, -0.25) is 15.0 Å². The molecule has 0 saturated heterocycles. The van der Waals surface area contributed by atoms with Gasteiger partial charge in [0.2, 0.25) is 11.7 Å². The zero-order valence-electron chi connectivity index (χ0n) is 14.1. The molecule has 1 atom stereocenters. The normalized spacial score (nSPS) is 13.3. The van der Waals surface area contributed by atoms with Crippen molar-refractivity contribution < 1.29 is 9.45 Å². The molecule has 0 bridgehead atoms. The van der Waals surface area contributed by atoms with Crippen LogP contribution >= 0.6 is 0 Å². The van der Waals surface area contributed by atoms with E-state index in [4.69, 9.17) is 4.52 Å². The number of nitro groups is 1. The Bertz CT molecular complexity index is 673. The number of rotatable bonds is 5. The van der Waals surface area contributed by atoms with E-state index in [1.807, 2.05) is 7.05 Å². The summed E-state index contributed by atoms with van der Waals surface area (Å²) >= 11 is 0. The molecule has 0 spiro atoms. The molecule has 1 aromatic heterocycles. The minimum Gasteiger partial charge on any atom is -0.338 e. The van der Waals surface area contributed by atoms with E-state index in [0.29, 0.717) is 29.9 Å². The van der Waals surface area contributed by atoms with Crippen molar-refractivity contribution >= 4 is 5.69 Å². The highest BCUT2D eigenvalue weighted by Crippen LogP contribution is 2.25. The molecule has 1 heterocycles.